The summed E-state index contributed by atoms with van der Waals surface area (Å²) in [6.45, 7) is 0. The average Bonchev–Trinajstić information content (AvgIpc) is 2.75. The highest BCUT2D eigenvalue weighted by atomic mass is 35.5. The minimum Gasteiger partial charge on any atom is -0.271 e. The minimum absolute atomic E-state index is 0.0445. The van der Waals surface area contributed by atoms with Crippen molar-refractivity contribution in [3.8, 4) is 0 Å². The molecule has 0 aliphatic carbocycles. The number of sulfonamides is 1. The fourth-order valence-corrected chi connectivity index (χ4v) is 4.21. The van der Waals surface area contributed by atoms with Crippen molar-refractivity contribution in [3.63, 3.8) is 0 Å². The Morgan fingerprint density at radius 1 is 1.16 bits per heavy atom. The van der Waals surface area contributed by atoms with Gasteiger partial charge >= 0.3 is 0 Å². The Balaban J connectivity index is 2.08. The summed E-state index contributed by atoms with van der Waals surface area (Å²) >= 11 is 7.19. The Morgan fingerprint density at radius 2 is 1.84 bits per heavy atom. The van der Waals surface area contributed by atoms with Crippen molar-refractivity contribution >= 4 is 50.9 Å². The van der Waals surface area contributed by atoms with E-state index in [1.807, 2.05) is 0 Å². The van der Waals surface area contributed by atoms with E-state index in [4.69, 9.17) is 11.6 Å². The second-order valence-electron chi connectivity index (χ2n) is 6.16. The van der Waals surface area contributed by atoms with Gasteiger partial charge in [0, 0.05) is 22.7 Å². The van der Waals surface area contributed by atoms with Crippen LogP contribution in [0.2, 0.25) is 5.02 Å². The molecule has 1 unspecified atom stereocenters. The first-order valence-electron chi connectivity index (χ1n) is 8.75. The number of nitro benzene ring substituents is 1. The number of hydrazine groups is 1. The van der Waals surface area contributed by atoms with Gasteiger partial charge in [-0.25, -0.2) is 8.42 Å². The van der Waals surface area contributed by atoms with Crippen LogP contribution in [0.3, 0.4) is 0 Å². The van der Waals surface area contributed by atoms with Crippen LogP contribution in [0.4, 0.5) is 5.69 Å². The highest BCUT2D eigenvalue weighted by Crippen LogP contribution is 2.15. The molecule has 0 fully saturated rings. The Labute approximate surface area is 187 Å². The van der Waals surface area contributed by atoms with E-state index in [2.05, 4.69) is 15.6 Å². The lowest BCUT2D eigenvalue weighted by Crippen LogP contribution is -2.52. The van der Waals surface area contributed by atoms with Crippen LogP contribution in [-0.4, -0.2) is 43.2 Å². The molecular weight excluding hydrogens is 468 g/mol. The highest BCUT2D eigenvalue weighted by molar-refractivity contribution is 7.98. The predicted octanol–water partition coefficient (Wildman–Crippen LogP) is 2.11. The number of amides is 2. The number of halogens is 1. The zero-order valence-electron chi connectivity index (χ0n) is 16.2. The third-order valence-electron chi connectivity index (χ3n) is 3.97. The summed E-state index contributed by atoms with van der Waals surface area (Å²) in [4.78, 5) is 34.8. The van der Waals surface area contributed by atoms with Crippen molar-refractivity contribution in [1.29, 1.82) is 0 Å². The number of nitrogens with one attached hydrogen (secondary N) is 3. The van der Waals surface area contributed by atoms with E-state index >= 15 is 0 Å². The zero-order chi connectivity index (χ0) is 23.0. The molecule has 13 heteroatoms. The molecule has 0 aliphatic heterocycles. The highest BCUT2D eigenvalue weighted by Gasteiger charge is 2.26. The van der Waals surface area contributed by atoms with Crippen molar-refractivity contribution in [3.05, 3.63) is 69.2 Å². The van der Waals surface area contributed by atoms with E-state index < -0.39 is 32.8 Å². The van der Waals surface area contributed by atoms with E-state index in [1.165, 1.54) is 54.2 Å². The smallest absolute Gasteiger partial charge is 0.270 e. The first-order chi connectivity index (χ1) is 14.6. The van der Waals surface area contributed by atoms with Crippen molar-refractivity contribution < 1.29 is 22.9 Å². The van der Waals surface area contributed by atoms with Crippen molar-refractivity contribution in [2.75, 3.05) is 12.0 Å². The molecule has 0 saturated carbocycles. The van der Waals surface area contributed by atoms with Gasteiger partial charge in [-0.3, -0.25) is 30.6 Å². The van der Waals surface area contributed by atoms with E-state index in [0.29, 0.717) is 10.8 Å². The van der Waals surface area contributed by atoms with Crippen LogP contribution in [0.1, 0.15) is 16.8 Å². The van der Waals surface area contributed by atoms with Gasteiger partial charge in [-0.15, -0.1) is 0 Å². The van der Waals surface area contributed by atoms with E-state index in [9.17, 15) is 28.1 Å². The van der Waals surface area contributed by atoms with Gasteiger partial charge in [-0.1, -0.05) is 17.7 Å². The quantitative estimate of drug-likeness (QED) is 0.363. The number of nitro groups is 1. The molecule has 166 valence electrons. The van der Waals surface area contributed by atoms with E-state index in [1.54, 1.807) is 6.26 Å². The summed E-state index contributed by atoms with van der Waals surface area (Å²) in [5, 5.41) is 11.2. The van der Waals surface area contributed by atoms with Crippen LogP contribution < -0.4 is 15.6 Å². The normalized spacial score (nSPS) is 12.1. The van der Waals surface area contributed by atoms with Gasteiger partial charge in [0.2, 0.25) is 10.0 Å². The predicted molar refractivity (Wildman–Crippen MR) is 117 cm³/mol. The first kappa shape index (κ1) is 24.6. The van der Waals surface area contributed by atoms with Crippen LogP contribution in [0.25, 0.3) is 0 Å². The molecule has 0 aromatic heterocycles. The molecule has 2 aromatic carbocycles. The van der Waals surface area contributed by atoms with Crippen LogP contribution in [0, 0.1) is 10.1 Å². The second-order valence-corrected chi connectivity index (χ2v) is 9.30. The summed E-state index contributed by atoms with van der Waals surface area (Å²) in [7, 11) is -4.02. The van der Waals surface area contributed by atoms with Gasteiger partial charge in [0.1, 0.15) is 6.04 Å². The van der Waals surface area contributed by atoms with Gasteiger partial charge in [0.25, 0.3) is 17.5 Å². The van der Waals surface area contributed by atoms with Crippen molar-refractivity contribution in [1.82, 2.24) is 15.6 Å². The minimum atomic E-state index is -4.02. The monoisotopic (exact) mass is 486 g/mol. The Hall–Kier alpha value is -2.67. The van der Waals surface area contributed by atoms with Gasteiger partial charge in [-0.05, 0) is 48.8 Å². The number of hydrogen-bond acceptors (Lipinski definition) is 7. The van der Waals surface area contributed by atoms with Gasteiger partial charge in [-0.2, -0.15) is 16.5 Å². The number of hydrogen-bond donors (Lipinski definition) is 3. The third-order valence-corrected chi connectivity index (χ3v) is 6.35. The fraction of sp³-hybridized carbons (Fsp3) is 0.222. The number of carbonyl (C=O) groups excluding carboxylic acids is 2. The number of thioether (sulfide) groups is 1. The molecule has 2 amide bonds. The summed E-state index contributed by atoms with van der Waals surface area (Å²) in [6.07, 6.45) is 1.96. The summed E-state index contributed by atoms with van der Waals surface area (Å²) in [5.74, 6) is -1.10. The number of rotatable bonds is 9. The number of benzene rings is 2. The lowest BCUT2D eigenvalue weighted by atomic mass is 10.2. The second kappa shape index (κ2) is 11.1. The third kappa shape index (κ3) is 7.21. The largest absolute Gasteiger partial charge is 0.271 e. The van der Waals surface area contributed by atoms with Crippen LogP contribution in [0.5, 0.6) is 0 Å². The molecule has 3 N–H and O–H groups in total. The molecule has 10 nitrogen and oxygen atoms in total. The Kier molecular flexibility index (Phi) is 8.80. The molecule has 2 aromatic rings. The average molecular weight is 487 g/mol. The first-order valence-corrected chi connectivity index (χ1v) is 12.0. The summed E-state index contributed by atoms with van der Waals surface area (Å²) in [6, 6.07) is 9.20. The molecule has 0 heterocycles. The van der Waals surface area contributed by atoms with E-state index in [0.717, 1.165) is 6.07 Å². The lowest BCUT2D eigenvalue weighted by molar-refractivity contribution is -0.384. The van der Waals surface area contributed by atoms with Crippen molar-refractivity contribution in [2.24, 2.45) is 0 Å². The molecule has 1 atom stereocenters. The molecule has 0 saturated heterocycles. The molecule has 31 heavy (non-hydrogen) atoms. The Morgan fingerprint density at radius 3 is 2.45 bits per heavy atom. The molecule has 0 spiro atoms. The summed E-state index contributed by atoms with van der Waals surface area (Å²) < 4.78 is 27.5. The maximum atomic E-state index is 12.6. The molecule has 0 aliphatic rings. The molecular formula is C18H19ClN4O6S2. The SMILES string of the molecule is CSCCC(NS(=O)(=O)c1ccc(Cl)cc1)C(=O)NNC(=O)c1cccc([N+](=O)[O-])c1. The van der Waals surface area contributed by atoms with Gasteiger partial charge < -0.3 is 0 Å². The standard InChI is InChI=1S/C18H19ClN4O6S2/c1-30-10-9-16(22-31(28,29)15-7-5-13(19)6-8-15)18(25)21-20-17(24)12-3-2-4-14(11-12)23(26)27/h2-8,11,16,22H,9-10H2,1H3,(H,20,24)(H,21,25). The lowest BCUT2D eigenvalue weighted by Gasteiger charge is -2.18. The molecule has 0 bridgehead atoms. The van der Waals surface area contributed by atoms with Crippen molar-refractivity contribution in [2.45, 2.75) is 17.4 Å². The number of nitrogens with zero attached hydrogens (tertiary/aromatic N) is 1. The molecule has 0 radical (unpaired) electrons. The topological polar surface area (TPSA) is 148 Å². The maximum Gasteiger partial charge on any atom is 0.270 e. The van der Waals surface area contributed by atoms with Crippen LogP contribution >= 0.6 is 23.4 Å². The van der Waals surface area contributed by atoms with Crippen LogP contribution in [0.15, 0.2) is 53.4 Å². The maximum absolute atomic E-state index is 12.6. The number of carbonyl (C=O) groups is 2. The van der Waals surface area contributed by atoms with Gasteiger partial charge in [0.15, 0.2) is 0 Å². The fourth-order valence-electron chi connectivity index (χ4n) is 2.39. The van der Waals surface area contributed by atoms with Crippen LogP contribution in [-0.2, 0) is 14.8 Å². The van der Waals surface area contributed by atoms with Gasteiger partial charge in [0.05, 0.1) is 9.82 Å². The van der Waals surface area contributed by atoms with E-state index in [-0.39, 0.29) is 22.6 Å². The molecule has 2 rings (SSSR count). The summed E-state index contributed by atoms with van der Waals surface area (Å²) in [5.41, 5.74) is 3.96. The number of non-ortho nitro benzene ring substituents is 1. The zero-order valence-corrected chi connectivity index (χ0v) is 18.6. The Bertz CT molecular complexity index is 1060.